The number of benzene rings is 1. The van der Waals surface area contributed by atoms with Gasteiger partial charge >= 0.3 is 53.8 Å². The molecule has 0 atom stereocenters. The Hall–Kier alpha value is -3.16. The van der Waals surface area contributed by atoms with E-state index in [2.05, 4.69) is 4.74 Å². The van der Waals surface area contributed by atoms with Gasteiger partial charge in [0.2, 0.25) is 5.83 Å². The number of para-hydroxylation sites is 2. The van der Waals surface area contributed by atoms with Crippen molar-refractivity contribution in [1.82, 2.24) is 0 Å². The number of carbonyl (C=O) groups excluding carboxylic acids is 1. The molecule has 0 aromatic heterocycles. The van der Waals surface area contributed by atoms with Crippen molar-refractivity contribution in [3.63, 3.8) is 0 Å². The first-order chi connectivity index (χ1) is 19.3. The minimum Gasteiger partial charge on any atom is -0.449 e. The lowest BCUT2D eigenvalue weighted by atomic mass is 9.91. The Morgan fingerprint density at radius 3 is 1.70 bits per heavy atom. The van der Waals surface area contributed by atoms with Gasteiger partial charge in [-0.2, -0.15) is 74.6 Å². The van der Waals surface area contributed by atoms with E-state index < -0.39 is 71.1 Å². The van der Waals surface area contributed by atoms with Crippen LogP contribution in [0.1, 0.15) is 32.6 Å². The third-order valence-corrected chi connectivity index (χ3v) is 5.33. The summed E-state index contributed by atoms with van der Waals surface area (Å²) in [7, 11) is 0. The molecule has 0 saturated carbocycles. The maximum absolute atomic E-state index is 14.1. The predicted octanol–water partition coefficient (Wildman–Crippen LogP) is 9.68. The molecule has 21 heteroatoms. The van der Waals surface area contributed by atoms with Crippen LogP contribution in [0, 0.1) is 0 Å². The van der Waals surface area contributed by atoms with Crippen LogP contribution in [0.25, 0.3) is 0 Å². The van der Waals surface area contributed by atoms with Crippen molar-refractivity contribution in [2.45, 2.75) is 74.3 Å². The summed E-state index contributed by atoms with van der Waals surface area (Å²) in [5.41, 5.74) is -0.787. The van der Waals surface area contributed by atoms with Gasteiger partial charge < -0.3 is 9.47 Å². The fourth-order valence-corrected chi connectivity index (χ4v) is 2.87. The van der Waals surface area contributed by atoms with Crippen LogP contribution in [0.5, 0.6) is 5.75 Å². The van der Waals surface area contributed by atoms with Crippen molar-refractivity contribution in [2.24, 2.45) is 0 Å². The van der Waals surface area contributed by atoms with Crippen LogP contribution in [0.4, 0.5) is 85.1 Å². The van der Waals surface area contributed by atoms with Gasteiger partial charge in [-0.25, -0.2) is 4.79 Å². The third kappa shape index (κ3) is 6.99. The minimum atomic E-state index is -8.68. The molecule has 0 aliphatic rings. The van der Waals surface area contributed by atoms with Gasteiger partial charge in [0.1, 0.15) is 0 Å². The Bertz CT molecular complexity index is 1150. The molecular weight excluding hydrogens is 649 g/mol. The van der Waals surface area contributed by atoms with E-state index >= 15 is 0 Å². The smallest absolute Gasteiger partial charge is 0.449 e. The first kappa shape index (κ1) is 37.9. The summed E-state index contributed by atoms with van der Waals surface area (Å²) in [4.78, 5) is 11.8. The summed E-state index contributed by atoms with van der Waals surface area (Å²) in [6.45, 7) is 1.67. The number of rotatable bonds is 14. The number of halogens is 17. The van der Waals surface area contributed by atoms with Crippen LogP contribution in [0.15, 0.2) is 36.1 Å². The van der Waals surface area contributed by atoms with Crippen LogP contribution in [-0.2, 0) is 4.74 Å². The molecule has 0 saturated heterocycles. The summed E-state index contributed by atoms with van der Waals surface area (Å²) < 4.78 is 236. The molecule has 0 heterocycles. The molecule has 0 unspecified atom stereocenters. The number of allylic oxidation sites excluding steroid dienone is 1. The summed E-state index contributed by atoms with van der Waals surface area (Å²) in [5.74, 6) is -55.9. The average Bonchev–Trinajstić information content (AvgIpc) is 2.87. The molecule has 0 fully saturated rings. The zero-order valence-electron chi connectivity index (χ0n) is 21.0. The Labute approximate surface area is 229 Å². The lowest BCUT2D eigenvalue weighted by Crippen LogP contribution is -2.72. The Balaban J connectivity index is 3.39. The average molecular weight is 667 g/mol. The second kappa shape index (κ2) is 12.8. The number of amides is 1. The Kier molecular flexibility index (Phi) is 11.3. The standard InChI is InChI=1S/C22H18F17NO3/c1-2-3-4-7-10-42-15(41)40-11-8-5-6-9-12(11)43-14(24)13(23)16(25,26)17(27,28)18(29,30)19(31,32)20(33,34)21(35,36)22(37,38)39/h5-6,8-9H,2-4,7,10H2,1H3,(H,40,41). The number of alkyl halides is 15. The van der Waals surface area contributed by atoms with E-state index in [0.29, 0.717) is 18.9 Å². The molecule has 43 heavy (non-hydrogen) atoms. The van der Waals surface area contributed by atoms with Crippen LogP contribution in [-0.4, -0.2) is 54.4 Å². The van der Waals surface area contributed by atoms with E-state index in [0.717, 1.165) is 31.0 Å². The van der Waals surface area contributed by atoms with Gasteiger partial charge in [0.25, 0.3) is 0 Å². The summed E-state index contributed by atoms with van der Waals surface area (Å²) in [5, 5.41) is 1.80. The molecule has 0 aliphatic carbocycles. The fraction of sp³-hybridized carbons (Fsp3) is 0.591. The van der Waals surface area contributed by atoms with Crippen LogP contribution >= 0.6 is 0 Å². The van der Waals surface area contributed by atoms with E-state index in [4.69, 9.17) is 4.74 Å². The highest BCUT2D eigenvalue weighted by atomic mass is 19.4. The molecule has 248 valence electrons. The largest absolute Gasteiger partial charge is 0.460 e. The zero-order chi connectivity index (χ0) is 33.9. The van der Waals surface area contributed by atoms with Crippen LogP contribution in [0.3, 0.4) is 0 Å². The van der Waals surface area contributed by atoms with Crippen LogP contribution in [0.2, 0.25) is 0 Å². The second-order valence-corrected chi connectivity index (χ2v) is 8.45. The number of anilines is 1. The molecule has 1 aromatic carbocycles. The number of nitrogens with one attached hydrogen (secondary N) is 1. The van der Waals surface area contributed by atoms with E-state index in [1.54, 1.807) is 5.32 Å². The number of unbranched alkanes of at least 4 members (excludes halogenated alkanes) is 3. The predicted molar refractivity (Wildman–Crippen MR) is 111 cm³/mol. The molecule has 0 bridgehead atoms. The van der Waals surface area contributed by atoms with Gasteiger partial charge in [-0.05, 0) is 18.6 Å². The second-order valence-electron chi connectivity index (χ2n) is 8.45. The SMILES string of the molecule is CCCCCCOC(=O)Nc1ccccc1OC(F)=C(F)C(F)(F)C(F)(F)C(F)(F)C(F)(F)C(F)(F)C(F)(F)C(F)(F)F. The first-order valence-corrected chi connectivity index (χ1v) is 11.4. The van der Waals surface area contributed by atoms with Crippen molar-refractivity contribution >= 4 is 11.8 Å². The molecular formula is C22H18F17NO3. The number of ether oxygens (including phenoxy) is 2. The molecule has 4 nitrogen and oxygen atoms in total. The van der Waals surface area contributed by atoms with Gasteiger partial charge in [0.05, 0.1) is 12.3 Å². The summed E-state index contributed by atoms with van der Waals surface area (Å²) in [6.07, 6.45) is -6.61. The van der Waals surface area contributed by atoms with E-state index in [1.807, 2.05) is 6.92 Å². The van der Waals surface area contributed by atoms with Gasteiger partial charge in [-0.3, -0.25) is 5.32 Å². The topological polar surface area (TPSA) is 47.6 Å². The fourth-order valence-electron chi connectivity index (χ4n) is 2.87. The quantitative estimate of drug-likeness (QED) is 0.122. The normalized spacial score (nSPS) is 14.7. The lowest BCUT2D eigenvalue weighted by molar-refractivity contribution is -0.451. The van der Waals surface area contributed by atoms with Crippen molar-refractivity contribution in [2.75, 3.05) is 11.9 Å². The molecule has 1 aromatic rings. The molecule has 1 N–H and O–H groups in total. The highest BCUT2D eigenvalue weighted by molar-refractivity contribution is 5.86. The number of carbonyl (C=O) groups is 1. The summed E-state index contributed by atoms with van der Waals surface area (Å²) in [6, 6.07) is -0.514. The minimum absolute atomic E-state index is 0.189. The Morgan fingerprint density at radius 2 is 1.19 bits per heavy atom. The number of hydrogen-bond donors (Lipinski definition) is 1. The van der Waals surface area contributed by atoms with Gasteiger partial charge in [-0.15, -0.1) is 0 Å². The zero-order valence-corrected chi connectivity index (χ0v) is 21.0. The van der Waals surface area contributed by atoms with Crippen molar-refractivity contribution in [1.29, 1.82) is 0 Å². The summed E-state index contributed by atoms with van der Waals surface area (Å²) >= 11 is 0. The lowest BCUT2D eigenvalue weighted by Gasteiger charge is -2.41. The number of hydrogen-bond acceptors (Lipinski definition) is 3. The molecule has 0 aliphatic heterocycles. The molecule has 1 amide bonds. The first-order valence-electron chi connectivity index (χ1n) is 11.4. The van der Waals surface area contributed by atoms with Crippen molar-refractivity contribution < 1.29 is 88.9 Å². The highest BCUT2D eigenvalue weighted by Gasteiger charge is 2.93. The van der Waals surface area contributed by atoms with Crippen LogP contribution < -0.4 is 10.1 Å². The third-order valence-electron chi connectivity index (χ3n) is 5.33. The van der Waals surface area contributed by atoms with Gasteiger partial charge in [0, 0.05) is 0 Å². The molecule has 1 rings (SSSR count). The maximum Gasteiger partial charge on any atom is 0.460 e. The van der Waals surface area contributed by atoms with E-state index in [1.165, 1.54) is 0 Å². The van der Waals surface area contributed by atoms with E-state index in [9.17, 15) is 79.4 Å². The van der Waals surface area contributed by atoms with Gasteiger partial charge in [0.15, 0.2) is 5.75 Å². The maximum atomic E-state index is 14.1. The molecule has 0 spiro atoms. The van der Waals surface area contributed by atoms with E-state index in [-0.39, 0.29) is 6.61 Å². The monoisotopic (exact) mass is 667 g/mol. The highest BCUT2D eigenvalue weighted by Crippen LogP contribution is 2.63. The Morgan fingerprint density at radius 1 is 0.698 bits per heavy atom. The van der Waals surface area contributed by atoms with Gasteiger partial charge in [-0.1, -0.05) is 38.3 Å². The van der Waals surface area contributed by atoms with Crippen molar-refractivity contribution in [3.8, 4) is 5.75 Å². The molecule has 0 radical (unpaired) electrons. The van der Waals surface area contributed by atoms with Crippen molar-refractivity contribution in [3.05, 3.63) is 36.1 Å².